The molecule has 1 unspecified atom stereocenters. The molecule has 7 heteroatoms. The second kappa shape index (κ2) is 8.01. The molecule has 0 aliphatic carbocycles. The van der Waals surface area contributed by atoms with Gasteiger partial charge in [-0.25, -0.2) is 9.37 Å². The lowest BCUT2D eigenvalue weighted by Gasteiger charge is -2.32. The second-order valence-electron chi connectivity index (χ2n) is 6.23. The standard InChI is InChI=1S/C17H22FN5O/c18-15-4-1-5-16(9-15)21-17(24)6-8-22-7-2-3-14(10-22)11-23-13-19-12-20-23/h1,4-5,9,12-14H,2-3,6-8,10-11H2,(H,21,24). The molecule has 1 aromatic carbocycles. The van der Waals surface area contributed by atoms with Gasteiger partial charge in [0, 0.05) is 31.7 Å². The van der Waals surface area contributed by atoms with Crippen LogP contribution >= 0.6 is 0 Å². The number of amides is 1. The Morgan fingerprint density at radius 1 is 1.42 bits per heavy atom. The molecular formula is C17H22FN5O. The van der Waals surface area contributed by atoms with E-state index in [-0.39, 0.29) is 11.7 Å². The predicted molar refractivity (Wildman–Crippen MR) is 88.8 cm³/mol. The van der Waals surface area contributed by atoms with Crippen molar-refractivity contribution < 1.29 is 9.18 Å². The van der Waals surface area contributed by atoms with Gasteiger partial charge in [-0.2, -0.15) is 5.10 Å². The highest BCUT2D eigenvalue weighted by Gasteiger charge is 2.21. The Morgan fingerprint density at radius 3 is 3.12 bits per heavy atom. The number of halogens is 1. The molecule has 1 aliphatic heterocycles. The molecule has 1 N–H and O–H groups in total. The molecule has 1 amide bonds. The number of hydrogen-bond acceptors (Lipinski definition) is 4. The third-order valence-corrected chi connectivity index (χ3v) is 4.28. The molecule has 2 aromatic rings. The van der Waals surface area contributed by atoms with Crippen LogP contribution in [0.2, 0.25) is 0 Å². The van der Waals surface area contributed by atoms with Crippen molar-refractivity contribution in [3.05, 3.63) is 42.7 Å². The minimum Gasteiger partial charge on any atom is -0.326 e. The van der Waals surface area contributed by atoms with Crippen LogP contribution in [0.15, 0.2) is 36.9 Å². The van der Waals surface area contributed by atoms with Gasteiger partial charge in [0.25, 0.3) is 0 Å². The summed E-state index contributed by atoms with van der Waals surface area (Å²) in [4.78, 5) is 18.3. The van der Waals surface area contributed by atoms with E-state index in [2.05, 4.69) is 20.3 Å². The molecule has 0 radical (unpaired) electrons. The van der Waals surface area contributed by atoms with E-state index < -0.39 is 0 Å². The van der Waals surface area contributed by atoms with Crippen LogP contribution in [-0.4, -0.2) is 45.2 Å². The van der Waals surface area contributed by atoms with E-state index in [1.165, 1.54) is 18.6 Å². The van der Waals surface area contributed by atoms with Crippen molar-refractivity contribution in [2.24, 2.45) is 5.92 Å². The van der Waals surface area contributed by atoms with Gasteiger partial charge in [0.1, 0.15) is 18.5 Å². The van der Waals surface area contributed by atoms with Crippen LogP contribution in [0.3, 0.4) is 0 Å². The molecule has 1 atom stereocenters. The molecule has 1 saturated heterocycles. The van der Waals surface area contributed by atoms with Crippen molar-refractivity contribution in [1.29, 1.82) is 0 Å². The highest BCUT2D eigenvalue weighted by molar-refractivity contribution is 5.90. The zero-order valence-corrected chi connectivity index (χ0v) is 13.6. The molecule has 1 aliphatic rings. The number of likely N-dealkylation sites (tertiary alicyclic amines) is 1. The molecule has 0 saturated carbocycles. The van der Waals surface area contributed by atoms with Gasteiger partial charge in [-0.1, -0.05) is 6.07 Å². The summed E-state index contributed by atoms with van der Waals surface area (Å²) in [6.07, 6.45) is 6.01. The maximum atomic E-state index is 13.1. The summed E-state index contributed by atoms with van der Waals surface area (Å²) in [6, 6.07) is 5.96. The van der Waals surface area contributed by atoms with Crippen LogP contribution in [0.1, 0.15) is 19.3 Å². The number of aromatic nitrogens is 3. The van der Waals surface area contributed by atoms with E-state index >= 15 is 0 Å². The van der Waals surface area contributed by atoms with Crippen LogP contribution in [0.25, 0.3) is 0 Å². The van der Waals surface area contributed by atoms with Crippen molar-refractivity contribution in [2.75, 3.05) is 25.0 Å². The molecule has 1 aromatic heterocycles. The van der Waals surface area contributed by atoms with Gasteiger partial charge in [0.15, 0.2) is 0 Å². The molecule has 128 valence electrons. The average molecular weight is 331 g/mol. The number of rotatable bonds is 6. The molecule has 0 bridgehead atoms. The van der Waals surface area contributed by atoms with E-state index in [9.17, 15) is 9.18 Å². The topological polar surface area (TPSA) is 63.1 Å². The number of benzene rings is 1. The van der Waals surface area contributed by atoms with E-state index in [0.29, 0.717) is 18.0 Å². The molecule has 2 heterocycles. The number of carbonyl (C=O) groups is 1. The molecule has 24 heavy (non-hydrogen) atoms. The van der Waals surface area contributed by atoms with E-state index in [4.69, 9.17) is 0 Å². The smallest absolute Gasteiger partial charge is 0.225 e. The first-order valence-corrected chi connectivity index (χ1v) is 8.29. The average Bonchev–Trinajstić information content (AvgIpc) is 3.06. The summed E-state index contributed by atoms with van der Waals surface area (Å²) in [5.74, 6) is 0.102. The first-order chi connectivity index (χ1) is 11.7. The number of carbonyl (C=O) groups excluding carboxylic acids is 1. The first kappa shape index (κ1) is 16.6. The summed E-state index contributed by atoms with van der Waals surface area (Å²) in [5.41, 5.74) is 0.503. The van der Waals surface area contributed by atoms with Crippen molar-refractivity contribution >= 4 is 11.6 Å². The van der Waals surface area contributed by atoms with Crippen molar-refractivity contribution in [3.63, 3.8) is 0 Å². The highest BCUT2D eigenvalue weighted by atomic mass is 19.1. The molecule has 3 rings (SSSR count). The van der Waals surface area contributed by atoms with Gasteiger partial charge < -0.3 is 10.2 Å². The van der Waals surface area contributed by atoms with Gasteiger partial charge in [-0.15, -0.1) is 0 Å². The van der Waals surface area contributed by atoms with Crippen molar-refractivity contribution in [3.8, 4) is 0 Å². The Morgan fingerprint density at radius 2 is 2.33 bits per heavy atom. The minimum atomic E-state index is -0.347. The lowest BCUT2D eigenvalue weighted by molar-refractivity contribution is -0.116. The van der Waals surface area contributed by atoms with Crippen LogP contribution in [0.5, 0.6) is 0 Å². The molecule has 0 spiro atoms. The predicted octanol–water partition coefficient (Wildman–Crippen LogP) is 2.16. The quantitative estimate of drug-likeness (QED) is 0.881. The summed E-state index contributed by atoms with van der Waals surface area (Å²) >= 11 is 0. The van der Waals surface area contributed by atoms with Gasteiger partial charge in [-0.05, 0) is 43.5 Å². The molecular weight excluding hydrogens is 309 g/mol. The third-order valence-electron chi connectivity index (χ3n) is 4.28. The Hall–Kier alpha value is -2.28. The highest BCUT2D eigenvalue weighted by Crippen LogP contribution is 2.18. The minimum absolute atomic E-state index is 0.0843. The van der Waals surface area contributed by atoms with Crippen LogP contribution in [0.4, 0.5) is 10.1 Å². The number of anilines is 1. The Balaban J connectivity index is 1.43. The molecule has 6 nitrogen and oxygen atoms in total. The van der Waals surface area contributed by atoms with E-state index in [1.54, 1.807) is 24.8 Å². The first-order valence-electron chi connectivity index (χ1n) is 8.29. The normalized spacial score (nSPS) is 18.5. The fraction of sp³-hybridized carbons (Fsp3) is 0.471. The zero-order valence-electron chi connectivity index (χ0n) is 13.6. The largest absolute Gasteiger partial charge is 0.326 e. The van der Waals surface area contributed by atoms with Gasteiger partial charge in [0.05, 0.1) is 0 Å². The fourth-order valence-corrected chi connectivity index (χ4v) is 3.14. The fourth-order valence-electron chi connectivity index (χ4n) is 3.14. The van der Waals surface area contributed by atoms with E-state index in [0.717, 1.165) is 32.6 Å². The Bertz CT molecular complexity index is 661. The molecule has 1 fully saturated rings. The summed E-state index contributed by atoms with van der Waals surface area (Å²) < 4.78 is 15.0. The number of hydrogen-bond donors (Lipinski definition) is 1. The summed E-state index contributed by atoms with van der Waals surface area (Å²) in [5, 5.41) is 6.90. The summed E-state index contributed by atoms with van der Waals surface area (Å²) in [6.45, 7) is 3.56. The lowest BCUT2D eigenvalue weighted by Crippen LogP contribution is -2.38. The lowest BCUT2D eigenvalue weighted by atomic mass is 9.98. The Kier molecular flexibility index (Phi) is 5.53. The number of nitrogens with one attached hydrogen (secondary N) is 1. The number of nitrogens with zero attached hydrogens (tertiary/aromatic N) is 4. The third kappa shape index (κ3) is 4.86. The van der Waals surface area contributed by atoms with Crippen LogP contribution in [-0.2, 0) is 11.3 Å². The van der Waals surface area contributed by atoms with E-state index in [1.807, 2.05) is 4.68 Å². The van der Waals surface area contributed by atoms with Crippen molar-refractivity contribution in [2.45, 2.75) is 25.8 Å². The maximum absolute atomic E-state index is 13.1. The van der Waals surface area contributed by atoms with Crippen LogP contribution < -0.4 is 5.32 Å². The van der Waals surface area contributed by atoms with Crippen molar-refractivity contribution in [1.82, 2.24) is 19.7 Å². The van der Waals surface area contributed by atoms with Gasteiger partial charge in [-0.3, -0.25) is 9.48 Å². The monoisotopic (exact) mass is 331 g/mol. The SMILES string of the molecule is O=C(CCN1CCCC(Cn2cncn2)C1)Nc1cccc(F)c1. The zero-order chi connectivity index (χ0) is 16.8. The van der Waals surface area contributed by atoms with Gasteiger partial charge in [0.2, 0.25) is 5.91 Å². The summed E-state index contributed by atoms with van der Waals surface area (Å²) in [7, 11) is 0. The maximum Gasteiger partial charge on any atom is 0.225 e. The van der Waals surface area contributed by atoms with Gasteiger partial charge >= 0.3 is 0 Å². The second-order valence-corrected chi connectivity index (χ2v) is 6.23. The van der Waals surface area contributed by atoms with Crippen LogP contribution in [0, 0.1) is 11.7 Å². The number of piperidine rings is 1. The Labute approximate surface area is 140 Å².